The molecule has 2 heterocycles. The fraction of sp³-hybridized carbons (Fsp3) is 0.172. The summed E-state index contributed by atoms with van der Waals surface area (Å²) in [6.07, 6.45) is 0.666. The number of rotatable bonds is 8. The van der Waals surface area contributed by atoms with E-state index in [0.29, 0.717) is 29.7 Å². The molecule has 0 aliphatic rings. The molecule has 0 aliphatic heterocycles. The van der Waals surface area contributed by atoms with Crippen molar-refractivity contribution in [3.8, 4) is 11.1 Å². The molecule has 8 nitrogen and oxygen atoms in total. The number of nitrogens with one attached hydrogen (secondary N) is 1. The first-order valence-electron chi connectivity index (χ1n) is 12.4. The summed E-state index contributed by atoms with van der Waals surface area (Å²) >= 11 is 0. The predicted molar refractivity (Wildman–Crippen MR) is 151 cm³/mol. The molecule has 200 valence electrons. The monoisotopic (exact) mass is 560 g/mol. The smallest absolute Gasteiger partial charge is 0.254 e. The number of imidazole rings is 1. The molecule has 0 saturated heterocycles. The minimum absolute atomic E-state index is 0.131. The van der Waals surface area contributed by atoms with Crippen LogP contribution >= 0.6 is 0 Å². The van der Waals surface area contributed by atoms with Crippen LogP contribution in [0.2, 0.25) is 0 Å². The molecule has 2 aromatic heterocycles. The fourth-order valence-electron chi connectivity index (χ4n) is 4.65. The summed E-state index contributed by atoms with van der Waals surface area (Å²) in [7, 11) is -8.84. The number of fused-ring (bicyclic) bond motifs is 1. The molecule has 0 unspecified atom stereocenters. The van der Waals surface area contributed by atoms with Crippen molar-refractivity contribution in [1.82, 2.24) is 18.7 Å². The zero-order valence-electron chi connectivity index (χ0n) is 21.8. The number of nitrogens with zero attached hydrogens (tertiary/aromatic N) is 3. The van der Waals surface area contributed by atoms with Gasteiger partial charge in [-0.05, 0) is 54.8 Å². The molecule has 0 saturated carbocycles. The van der Waals surface area contributed by atoms with Crippen molar-refractivity contribution in [3.05, 3.63) is 108 Å². The van der Waals surface area contributed by atoms with Gasteiger partial charge in [0.15, 0.2) is 5.65 Å². The predicted octanol–water partition coefficient (Wildman–Crippen LogP) is 4.99. The first-order chi connectivity index (χ1) is 18.6. The molecule has 10 heteroatoms. The van der Waals surface area contributed by atoms with E-state index < -0.39 is 20.0 Å². The summed E-state index contributed by atoms with van der Waals surface area (Å²) in [6, 6.07) is 23.5. The van der Waals surface area contributed by atoms with E-state index >= 15 is 0 Å². The van der Waals surface area contributed by atoms with Crippen molar-refractivity contribution in [1.29, 1.82) is 0 Å². The molecular formula is C29H28N4O4S2. The number of sulfonamides is 2. The zero-order chi connectivity index (χ0) is 27.8. The van der Waals surface area contributed by atoms with Gasteiger partial charge in [-0.2, -0.15) is 0 Å². The molecule has 3 aromatic carbocycles. The SMILES string of the molecule is CCc1nc2c(C)cc(C)nc2n1Cc1ccc(-c2ccccc2)c(S(=O)(=O)NS(=O)(=O)c2ccccc2)c1. The van der Waals surface area contributed by atoms with Crippen molar-refractivity contribution < 1.29 is 16.8 Å². The number of aryl methyl sites for hydroxylation is 3. The van der Waals surface area contributed by atoms with E-state index in [1.54, 1.807) is 36.4 Å². The molecule has 0 spiro atoms. The molecule has 0 atom stereocenters. The van der Waals surface area contributed by atoms with Crippen LogP contribution < -0.4 is 4.13 Å². The standard InChI is InChI=1S/C29H28N4O4S2/c1-4-27-31-28-20(2)17-21(3)30-29(28)33(27)19-22-15-16-25(23-11-7-5-8-12-23)26(18-22)39(36,37)32-38(34,35)24-13-9-6-10-14-24/h5-18,32H,4,19H2,1-3H3. The van der Waals surface area contributed by atoms with Crippen LogP contribution in [0, 0.1) is 13.8 Å². The summed E-state index contributed by atoms with van der Waals surface area (Å²) in [5.74, 6) is 0.826. The number of pyridine rings is 1. The van der Waals surface area contributed by atoms with Gasteiger partial charge in [0.1, 0.15) is 11.3 Å². The Kier molecular flexibility index (Phi) is 7.11. The van der Waals surface area contributed by atoms with Crippen LogP contribution in [0.15, 0.2) is 94.7 Å². The Hall–Kier alpha value is -3.86. The van der Waals surface area contributed by atoms with Gasteiger partial charge in [0.05, 0.1) is 16.3 Å². The molecule has 5 rings (SSSR count). The lowest BCUT2D eigenvalue weighted by Crippen LogP contribution is -2.31. The molecule has 5 aromatic rings. The second kappa shape index (κ2) is 10.4. The number of hydrogen-bond donors (Lipinski definition) is 1. The first kappa shape index (κ1) is 26.7. The van der Waals surface area contributed by atoms with E-state index in [1.165, 1.54) is 30.3 Å². The Bertz CT molecular complexity index is 1880. The van der Waals surface area contributed by atoms with Crippen LogP contribution in [-0.4, -0.2) is 31.4 Å². The maximum Gasteiger partial charge on any atom is 0.254 e. The molecule has 0 bridgehead atoms. The van der Waals surface area contributed by atoms with Crippen LogP contribution in [-0.2, 0) is 33.0 Å². The van der Waals surface area contributed by atoms with E-state index in [0.717, 1.165) is 28.2 Å². The van der Waals surface area contributed by atoms with E-state index in [1.807, 2.05) is 47.7 Å². The molecule has 39 heavy (non-hydrogen) atoms. The van der Waals surface area contributed by atoms with Crippen molar-refractivity contribution in [2.45, 2.75) is 43.5 Å². The average molecular weight is 561 g/mol. The van der Waals surface area contributed by atoms with Gasteiger partial charge in [0.2, 0.25) is 0 Å². The maximum absolute atomic E-state index is 13.7. The third-order valence-electron chi connectivity index (χ3n) is 6.45. The lowest BCUT2D eigenvalue weighted by atomic mass is 10.0. The Morgan fingerprint density at radius 3 is 2.13 bits per heavy atom. The highest BCUT2D eigenvalue weighted by Crippen LogP contribution is 2.30. The largest absolute Gasteiger partial charge is 0.308 e. The van der Waals surface area contributed by atoms with Crippen LogP contribution in [0.1, 0.15) is 29.6 Å². The molecular weight excluding hydrogens is 532 g/mol. The molecule has 0 radical (unpaired) electrons. The fourth-order valence-corrected chi connectivity index (χ4v) is 7.84. The Balaban J connectivity index is 1.63. The van der Waals surface area contributed by atoms with Crippen molar-refractivity contribution in [2.75, 3.05) is 0 Å². The summed E-state index contributed by atoms with van der Waals surface area (Å²) in [4.78, 5) is 9.22. The number of aromatic nitrogens is 3. The Morgan fingerprint density at radius 2 is 1.46 bits per heavy atom. The summed E-state index contributed by atoms with van der Waals surface area (Å²) < 4.78 is 57.3. The van der Waals surface area contributed by atoms with E-state index in [4.69, 9.17) is 9.97 Å². The van der Waals surface area contributed by atoms with E-state index in [-0.39, 0.29) is 9.79 Å². The minimum Gasteiger partial charge on any atom is -0.308 e. The second-order valence-electron chi connectivity index (χ2n) is 9.32. The quantitative estimate of drug-likeness (QED) is 0.286. The highest BCUT2D eigenvalue weighted by molar-refractivity contribution is 8.04. The van der Waals surface area contributed by atoms with E-state index in [9.17, 15) is 16.8 Å². The lowest BCUT2D eigenvalue weighted by Gasteiger charge is -2.15. The van der Waals surface area contributed by atoms with E-state index in [2.05, 4.69) is 0 Å². The average Bonchev–Trinajstić information content (AvgIpc) is 3.26. The third-order valence-corrected chi connectivity index (χ3v) is 10.0. The van der Waals surface area contributed by atoms with Gasteiger partial charge in [-0.3, -0.25) is 0 Å². The highest BCUT2D eigenvalue weighted by Gasteiger charge is 2.28. The van der Waals surface area contributed by atoms with Crippen LogP contribution in [0.4, 0.5) is 0 Å². The van der Waals surface area contributed by atoms with Crippen molar-refractivity contribution in [2.24, 2.45) is 0 Å². The summed E-state index contributed by atoms with van der Waals surface area (Å²) in [5.41, 5.74) is 5.13. The van der Waals surface area contributed by atoms with Crippen molar-refractivity contribution in [3.63, 3.8) is 0 Å². The van der Waals surface area contributed by atoms with Gasteiger partial charge in [-0.25, -0.2) is 26.8 Å². The third kappa shape index (κ3) is 5.36. The van der Waals surface area contributed by atoms with Gasteiger partial charge in [-0.1, -0.05) is 67.6 Å². The first-order valence-corrected chi connectivity index (χ1v) is 15.4. The maximum atomic E-state index is 13.7. The number of hydrogen-bond acceptors (Lipinski definition) is 6. The zero-order valence-corrected chi connectivity index (χ0v) is 23.4. The van der Waals surface area contributed by atoms with Crippen molar-refractivity contribution >= 4 is 31.2 Å². The summed E-state index contributed by atoms with van der Waals surface area (Å²) in [5, 5.41) is 0. The van der Waals surface area contributed by atoms with Crippen LogP contribution in [0.25, 0.3) is 22.3 Å². The molecule has 0 fully saturated rings. The van der Waals surface area contributed by atoms with Gasteiger partial charge >= 0.3 is 0 Å². The highest BCUT2D eigenvalue weighted by atomic mass is 32.3. The van der Waals surface area contributed by atoms with Gasteiger partial charge in [-0.15, -0.1) is 4.13 Å². The number of benzene rings is 3. The topological polar surface area (TPSA) is 111 Å². The van der Waals surface area contributed by atoms with Gasteiger partial charge < -0.3 is 4.57 Å². The minimum atomic E-state index is -4.50. The molecule has 0 amide bonds. The Labute approximate surface area is 228 Å². The Morgan fingerprint density at radius 1 is 0.795 bits per heavy atom. The van der Waals surface area contributed by atoms with Crippen LogP contribution in [0.3, 0.4) is 0 Å². The van der Waals surface area contributed by atoms with Gasteiger partial charge in [0, 0.05) is 17.7 Å². The normalized spacial score (nSPS) is 12.2. The van der Waals surface area contributed by atoms with Crippen LogP contribution in [0.5, 0.6) is 0 Å². The summed E-state index contributed by atoms with van der Waals surface area (Å²) in [6.45, 7) is 6.24. The molecule has 0 aliphatic carbocycles. The van der Waals surface area contributed by atoms with Gasteiger partial charge in [0.25, 0.3) is 20.0 Å². The second-order valence-corrected chi connectivity index (χ2v) is 12.9. The lowest BCUT2D eigenvalue weighted by molar-refractivity contribution is 0.577. The molecule has 1 N–H and O–H groups in total.